The van der Waals surface area contributed by atoms with E-state index in [9.17, 15) is 9.90 Å². The van der Waals surface area contributed by atoms with Crippen molar-refractivity contribution in [3.63, 3.8) is 0 Å². The van der Waals surface area contributed by atoms with Gasteiger partial charge in [0.05, 0.1) is 10.7 Å². The Bertz CT molecular complexity index is 555. The summed E-state index contributed by atoms with van der Waals surface area (Å²) in [5.74, 6) is -0.663. The van der Waals surface area contributed by atoms with Crippen LogP contribution in [0.15, 0.2) is 18.5 Å². The highest BCUT2D eigenvalue weighted by atomic mass is 32.1. The average molecular weight is 250 g/mol. The summed E-state index contributed by atoms with van der Waals surface area (Å²) < 4.78 is 1.88. The van der Waals surface area contributed by atoms with Crippen LogP contribution in [0, 0.1) is 0 Å². The largest absolute Gasteiger partial charge is 0.477 e. The molecule has 0 bridgehead atoms. The molecule has 0 aromatic carbocycles. The van der Waals surface area contributed by atoms with Gasteiger partial charge < -0.3 is 9.67 Å². The molecule has 0 aliphatic heterocycles. The van der Waals surface area contributed by atoms with Gasteiger partial charge in [0.2, 0.25) is 0 Å². The number of hydrogen-bond acceptors (Lipinski definition) is 3. The summed E-state index contributed by atoms with van der Waals surface area (Å²) in [7, 11) is 1.90. The van der Waals surface area contributed by atoms with Crippen LogP contribution in [0.25, 0.3) is 11.3 Å². The van der Waals surface area contributed by atoms with Gasteiger partial charge in [0, 0.05) is 30.9 Å². The van der Waals surface area contributed by atoms with Crippen molar-refractivity contribution in [3.05, 3.63) is 28.3 Å². The lowest BCUT2D eigenvalue weighted by Gasteiger charge is -1.96. The van der Waals surface area contributed by atoms with Crippen molar-refractivity contribution in [1.82, 2.24) is 9.55 Å². The van der Waals surface area contributed by atoms with E-state index in [1.54, 1.807) is 0 Å². The number of carboxylic acid groups (broad SMARTS) is 1. The molecule has 17 heavy (non-hydrogen) atoms. The molecular weight excluding hydrogens is 236 g/mol. The SMILES string of the molecule is CC(C)c1nc(-c2ccn(C)c2)c(C(=O)O)s1. The molecule has 0 aliphatic rings. The second-order valence-electron chi connectivity index (χ2n) is 4.26. The monoisotopic (exact) mass is 250 g/mol. The van der Waals surface area contributed by atoms with Crippen LogP contribution >= 0.6 is 11.3 Å². The van der Waals surface area contributed by atoms with Crippen molar-refractivity contribution in [2.75, 3.05) is 0 Å². The van der Waals surface area contributed by atoms with E-state index >= 15 is 0 Å². The maximum atomic E-state index is 11.2. The van der Waals surface area contributed by atoms with Crippen LogP contribution in [0.4, 0.5) is 0 Å². The van der Waals surface area contributed by atoms with Gasteiger partial charge in [0.25, 0.3) is 0 Å². The minimum atomic E-state index is -0.909. The average Bonchev–Trinajstić information content (AvgIpc) is 2.82. The van der Waals surface area contributed by atoms with Gasteiger partial charge in [0.1, 0.15) is 4.88 Å². The highest BCUT2D eigenvalue weighted by Gasteiger charge is 2.20. The second kappa shape index (κ2) is 4.33. The first-order chi connectivity index (χ1) is 7.99. The second-order valence-corrected chi connectivity index (χ2v) is 5.29. The molecule has 0 radical (unpaired) electrons. The standard InChI is InChI=1S/C12H14N2O2S/c1-7(2)11-13-9(10(17-11)12(15)16)8-4-5-14(3)6-8/h4-7H,1-3H3,(H,15,16). The van der Waals surface area contributed by atoms with E-state index in [0.29, 0.717) is 10.6 Å². The van der Waals surface area contributed by atoms with Gasteiger partial charge >= 0.3 is 5.97 Å². The van der Waals surface area contributed by atoms with Gasteiger partial charge in [0.15, 0.2) is 0 Å². The number of carbonyl (C=O) groups is 1. The molecule has 2 rings (SSSR count). The van der Waals surface area contributed by atoms with Crippen LogP contribution < -0.4 is 0 Å². The zero-order valence-corrected chi connectivity index (χ0v) is 10.8. The first kappa shape index (κ1) is 11.9. The van der Waals surface area contributed by atoms with E-state index in [0.717, 1.165) is 10.6 Å². The third kappa shape index (κ3) is 2.24. The summed E-state index contributed by atoms with van der Waals surface area (Å²) in [6, 6.07) is 1.88. The van der Waals surface area contributed by atoms with E-state index in [1.807, 2.05) is 43.9 Å². The Morgan fingerprint density at radius 3 is 2.71 bits per heavy atom. The minimum absolute atomic E-state index is 0.246. The third-order valence-electron chi connectivity index (χ3n) is 2.44. The summed E-state index contributed by atoms with van der Waals surface area (Å²) in [5.41, 5.74) is 1.43. The van der Waals surface area contributed by atoms with E-state index in [1.165, 1.54) is 11.3 Å². The van der Waals surface area contributed by atoms with Gasteiger partial charge in [-0.3, -0.25) is 0 Å². The van der Waals surface area contributed by atoms with Crippen molar-refractivity contribution in [2.24, 2.45) is 7.05 Å². The van der Waals surface area contributed by atoms with Gasteiger partial charge in [-0.25, -0.2) is 9.78 Å². The summed E-state index contributed by atoms with van der Waals surface area (Å²) in [4.78, 5) is 16.0. The first-order valence-electron chi connectivity index (χ1n) is 5.35. The van der Waals surface area contributed by atoms with Crippen LogP contribution in [0.5, 0.6) is 0 Å². The molecule has 2 aromatic rings. The van der Waals surface area contributed by atoms with Gasteiger partial charge in [-0.2, -0.15) is 0 Å². The zero-order chi connectivity index (χ0) is 12.6. The molecule has 4 nitrogen and oxygen atoms in total. The lowest BCUT2D eigenvalue weighted by Crippen LogP contribution is -1.94. The van der Waals surface area contributed by atoms with Crippen molar-refractivity contribution >= 4 is 17.3 Å². The van der Waals surface area contributed by atoms with E-state index in [2.05, 4.69) is 4.98 Å². The zero-order valence-electron chi connectivity index (χ0n) is 9.97. The molecule has 0 fully saturated rings. The number of rotatable bonds is 3. The maximum Gasteiger partial charge on any atom is 0.348 e. The molecule has 0 aliphatic carbocycles. The molecular formula is C12H14N2O2S. The predicted molar refractivity (Wildman–Crippen MR) is 67.6 cm³/mol. The number of aryl methyl sites for hydroxylation is 1. The fourth-order valence-electron chi connectivity index (χ4n) is 1.57. The van der Waals surface area contributed by atoms with Crippen molar-refractivity contribution in [1.29, 1.82) is 0 Å². The smallest absolute Gasteiger partial charge is 0.348 e. The first-order valence-corrected chi connectivity index (χ1v) is 6.17. The highest BCUT2D eigenvalue weighted by molar-refractivity contribution is 7.14. The predicted octanol–water partition coefficient (Wildman–Crippen LogP) is 2.97. The highest BCUT2D eigenvalue weighted by Crippen LogP contribution is 2.31. The van der Waals surface area contributed by atoms with Gasteiger partial charge in [-0.1, -0.05) is 13.8 Å². The molecule has 1 N–H and O–H groups in total. The van der Waals surface area contributed by atoms with Crippen molar-refractivity contribution in [3.8, 4) is 11.3 Å². The lowest BCUT2D eigenvalue weighted by molar-refractivity contribution is 0.0702. The molecule has 5 heteroatoms. The number of nitrogens with zero attached hydrogens (tertiary/aromatic N) is 2. The fourth-order valence-corrected chi connectivity index (χ4v) is 2.50. The number of aromatic carboxylic acids is 1. The van der Waals surface area contributed by atoms with Crippen molar-refractivity contribution < 1.29 is 9.90 Å². The Morgan fingerprint density at radius 1 is 1.53 bits per heavy atom. The van der Waals surface area contributed by atoms with E-state index in [-0.39, 0.29) is 5.92 Å². The van der Waals surface area contributed by atoms with Gasteiger partial charge in [-0.15, -0.1) is 11.3 Å². The van der Waals surface area contributed by atoms with Gasteiger partial charge in [-0.05, 0) is 6.07 Å². The van der Waals surface area contributed by atoms with Crippen LogP contribution in [-0.2, 0) is 7.05 Å². The molecule has 0 saturated heterocycles. The lowest BCUT2D eigenvalue weighted by atomic mass is 10.2. The van der Waals surface area contributed by atoms with E-state index < -0.39 is 5.97 Å². The Balaban J connectivity index is 2.55. The molecule has 0 spiro atoms. The van der Waals surface area contributed by atoms with Crippen LogP contribution in [-0.4, -0.2) is 20.6 Å². The number of aromatic nitrogens is 2. The molecule has 0 amide bonds. The summed E-state index contributed by atoms with van der Waals surface area (Å²) >= 11 is 1.26. The molecule has 0 saturated carbocycles. The van der Waals surface area contributed by atoms with E-state index in [4.69, 9.17) is 0 Å². The summed E-state index contributed by atoms with van der Waals surface area (Å²) in [6.07, 6.45) is 3.76. The molecule has 0 unspecified atom stereocenters. The van der Waals surface area contributed by atoms with Crippen molar-refractivity contribution in [2.45, 2.75) is 19.8 Å². The fraction of sp³-hybridized carbons (Fsp3) is 0.333. The maximum absolute atomic E-state index is 11.2. The van der Waals surface area contributed by atoms with Crippen LogP contribution in [0.2, 0.25) is 0 Å². The number of thiazole rings is 1. The Morgan fingerprint density at radius 2 is 2.24 bits per heavy atom. The van der Waals surface area contributed by atoms with Crippen LogP contribution in [0.3, 0.4) is 0 Å². The number of hydrogen-bond donors (Lipinski definition) is 1. The summed E-state index contributed by atoms with van der Waals surface area (Å²) in [6.45, 7) is 4.03. The molecule has 2 heterocycles. The Kier molecular flexibility index (Phi) is 3.02. The topological polar surface area (TPSA) is 55.1 Å². The molecule has 0 atom stereocenters. The Labute approximate surface area is 104 Å². The minimum Gasteiger partial charge on any atom is -0.477 e. The molecule has 2 aromatic heterocycles. The van der Waals surface area contributed by atoms with Crippen LogP contribution in [0.1, 0.15) is 34.4 Å². The third-order valence-corrected chi connectivity index (χ3v) is 3.78. The number of carboxylic acids is 1. The Hall–Kier alpha value is -1.62. The summed E-state index contributed by atoms with van der Waals surface area (Å²) in [5, 5.41) is 10.1. The normalized spacial score (nSPS) is 11.1. The quantitative estimate of drug-likeness (QED) is 0.911. The molecule has 90 valence electrons.